The van der Waals surface area contributed by atoms with E-state index in [2.05, 4.69) is 6.58 Å². The van der Waals surface area contributed by atoms with E-state index in [9.17, 15) is 4.79 Å². The molecule has 3 heteroatoms. The van der Waals surface area contributed by atoms with E-state index >= 15 is 0 Å². The van der Waals surface area contributed by atoms with Gasteiger partial charge in [0.2, 0.25) is 0 Å². The van der Waals surface area contributed by atoms with E-state index in [0.29, 0.717) is 12.8 Å². The number of carbonyl (C=O) groups is 1. The molecule has 0 fully saturated rings. The van der Waals surface area contributed by atoms with Crippen LogP contribution < -0.4 is 0 Å². The van der Waals surface area contributed by atoms with Crippen molar-refractivity contribution in [2.24, 2.45) is 5.92 Å². The molecule has 0 aliphatic carbocycles. The molecule has 0 heterocycles. The molecule has 76 valence electrons. The molecule has 0 rings (SSSR count). The number of allylic oxidation sites excluding steroid dienone is 1. The van der Waals surface area contributed by atoms with Crippen LogP contribution in [0, 0.1) is 5.92 Å². The minimum absolute atomic E-state index is 0.00731. The summed E-state index contributed by atoms with van der Waals surface area (Å²) in [4.78, 5) is 10.5. The first kappa shape index (κ1) is 12.2. The van der Waals surface area contributed by atoms with Crippen molar-refractivity contribution in [3.05, 3.63) is 12.2 Å². The lowest BCUT2D eigenvalue weighted by Crippen LogP contribution is -2.11. The lowest BCUT2D eigenvalue weighted by atomic mass is 9.92. The highest BCUT2D eigenvalue weighted by atomic mass is 16.4. The molecule has 0 aliphatic heterocycles. The topological polar surface area (TPSA) is 57.5 Å². The Morgan fingerprint density at radius 2 is 2.00 bits per heavy atom. The van der Waals surface area contributed by atoms with E-state index in [1.807, 2.05) is 6.92 Å². The third-order valence-electron chi connectivity index (χ3n) is 2.05. The van der Waals surface area contributed by atoms with E-state index in [1.54, 1.807) is 6.92 Å². The predicted octanol–water partition coefficient (Wildman–Crippen LogP) is 1.81. The van der Waals surface area contributed by atoms with Crippen molar-refractivity contribution in [3.63, 3.8) is 0 Å². The van der Waals surface area contributed by atoms with Crippen LogP contribution in [0.3, 0.4) is 0 Å². The summed E-state index contributed by atoms with van der Waals surface area (Å²) >= 11 is 0. The van der Waals surface area contributed by atoms with E-state index in [0.717, 1.165) is 5.57 Å². The average Bonchev–Trinajstić information content (AvgIpc) is 1.96. The molecule has 2 N–H and O–H groups in total. The summed E-state index contributed by atoms with van der Waals surface area (Å²) in [5, 5.41) is 17.6. The van der Waals surface area contributed by atoms with Crippen LogP contribution in [0.5, 0.6) is 0 Å². The lowest BCUT2D eigenvalue weighted by Gasteiger charge is -2.15. The summed E-state index contributed by atoms with van der Waals surface area (Å²) in [6.45, 7) is 7.28. The normalized spacial score (nSPS) is 15.0. The number of hydrogen-bond acceptors (Lipinski definition) is 2. The molecular formula is C10H18O3. The zero-order valence-electron chi connectivity index (χ0n) is 8.29. The summed E-state index contributed by atoms with van der Waals surface area (Å²) in [5.41, 5.74) is 0.878. The van der Waals surface area contributed by atoms with Crippen LogP contribution in [-0.2, 0) is 4.79 Å². The summed E-state index contributed by atoms with van der Waals surface area (Å²) < 4.78 is 0. The first-order chi connectivity index (χ1) is 5.93. The SMILES string of the molecule is C=C(C)C(CCC(C)O)CC(=O)O. The Morgan fingerprint density at radius 3 is 2.31 bits per heavy atom. The fourth-order valence-electron chi connectivity index (χ4n) is 1.18. The van der Waals surface area contributed by atoms with Crippen LogP contribution in [-0.4, -0.2) is 22.3 Å². The van der Waals surface area contributed by atoms with Gasteiger partial charge in [0.15, 0.2) is 0 Å². The predicted molar refractivity (Wildman–Crippen MR) is 51.5 cm³/mol. The quantitative estimate of drug-likeness (QED) is 0.622. The van der Waals surface area contributed by atoms with Gasteiger partial charge in [-0.1, -0.05) is 12.2 Å². The Labute approximate surface area is 79.1 Å². The van der Waals surface area contributed by atoms with Gasteiger partial charge in [0.1, 0.15) is 0 Å². The highest BCUT2D eigenvalue weighted by Crippen LogP contribution is 2.20. The molecule has 0 saturated heterocycles. The maximum absolute atomic E-state index is 10.5. The molecule has 0 spiro atoms. The second-order valence-corrected chi connectivity index (χ2v) is 3.57. The molecule has 0 aliphatic rings. The maximum atomic E-state index is 10.5. The van der Waals surface area contributed by atoms with Gasteiger partial charge in [-0.2, -0.15) is 0 Å². The van der Waals surface area contributed by atoms with Crippen molar-refractivity contribution < 1.29 is 15.0 Å². The van der Waals surface area contributed by atoms with Crippen molar-refractivity contribution in [1.29, 1.82) is 0 Å². The van der Waals surface area contributed by atoms with Gasteiger partial charge in [-0.15, -0.1) is 0 Å². The van der Waals surface area contributed by atoms with Gasteiger partial charge < -0.3 is 10.2 Å². The third-order valence-corrected chi connectivity index (χ3v) is 2.05. The highest BCUT2D eigenvalue weighted by Gasteiger charge is 2.14. The molecule has 0 bridgehead atoms. The van der Waals surface area contributed by atoms with Crippen LogP contribution in [0.2, 0.25) is 0 Å². The van der Waals surface area contributed by atoms with Gasteiger partial charge in [0, 0.05) is 0 Å². The Kier molecular flexibility index (Phi) is 5.39. The summed E-state index contributed by atoms with van der Waals surface area (Å²) in [7, 11) is 0. The van der Waals surface area contributed by atoms with Crippen LogP contribution in [0.1, 0.15) is 33.1 Å². The van der Waals surface area contributed by atoms with Crippen LogP contribution in [0.15, 0.2) is 12.2 Å². The third kappa shape index (κ3) is 6.34. The van der Waals surface area contributed by atoms with Gasteiger partial charge >= 0.3 is 5.97 Å². The number of hydrogen-bond donors (Lipinski definition) is 2. The van der Waals surface area contributed by atoms with Gasteiger partial charge in [-0.25, -0.2) is 0 Å². The van der Waals surface area contributed by atoms with Crippen LogP contribution in [0.4, 0.5) is 0 Å². The standard InChI is InChI=1S/C10H18O3/c1-7(2)9(6-10(12)13)5-4-8(3)11/h8-9,11H,1,4-6H2,2-3H3,(H,12,13). The molecule has 0 saturated carbocycles. The molecule has 0 aromatic carbocycles. The molecule has 2 unspecified atom stereocenters. The molecule has 0 aromatic heterocycles. The van der Waals surface area contributed by atoms with Gasteiger partial charge in [-0.3, -0.25) is 4.79 Å². The van der Waals surface area contributed by atoms with Gasteiger partial charge in [0.05, 0.1) is 12.5 Å². The van der Waals surface area contributed by atoms with Crippen LogP contribution in [0.25, 0.3) is 0 Å². The Bertz CT molecular complexity index is 185. The highest BCUT2D eigenvalue weighted by molar-refractivity contribution is 5.67. The largest absolute Gasteiger partial charge is 0.481 e. The van der Waals surface area contributed by atoms with Crippen molar-refractivity contribution in [3.8, 4) is 0 Å². The minimum atomic E-state index is -0.807. The molecule has 0 amide bonds. The molecular weight excluding hydrogens is 168 g/mol. The van der Waals surface area contributed by atoms with Gasteiger partial charge in [-0.05, 0) is 32.6 Å². The van der Waals surface area contributed by atoms with E-state index < -0.39 is 5.97 Å². The second-order valence-electron chi connectivity index (χ2n) is 3.57. The maximum Gasteiger partial charge on any atom is 0.303 e. The molecule has 3 nitrogen and oxygen atoms in total. The summed E-state index contributed by atoms with van der Waals surface area (Å²) in [6.07, 6.45) is 1.07. The minimum Gasteiger partial charge on any atom is -0.481 e. The van der Waals surface area contributed by atoms with Crippen molar-refractivity contribution in [2.75, 3.05) is 0 Å². The number of rotatable bonds is 6. The van der Waals surface area contributed by atoms with E-state index in [-0.39, 0.29) is 18.4 Å². The fraction of sp³-hybridized carbons (Fsp3) is 0.700. The number of aliphatic carboxylic acids is 1. The van der Waals surface area contributed by atoms with Crippen molar-refractivity contribution in [1.82, 2.24) is 0 Å². The van der Waals surface area contributed by atoms with Gasteiger partial charge in [0.25, 0.3) is 0 Å². The Morgan fingerprint density at radius 1 is 1.46 bits per heavy atom. The van der Waals surface area contributed by atoms with Crippen molar-refractivity contribution in [2.45, 2.75) is 39.2 Å². The first-order valence-corrected chi connectivity index (χ1v) is 4.48. The fourth-order valence-corrected chi connectivity index (χ4v) is 1.18. The Balaban J connectivity index is 3.95. The average molecular weight is 186 g/mol. The molecule has 13 heavy (non-hydrogen) atoms. The summed E-state index contributed by atoms with van der Waals surface area (Å²) in [6, 6.07) is 0. The zero-order valence-corrected chi connectivity index (χ0v) is 8.29. The lowest BCUT2D eigenvalue weighted by molar-refractivity contribution is -0.137. The van der Waals surface area contributed by atoms with E-state index in [1.165, 1.54) is 0 Å². The van der Waals surface area contributed by atoms with E-state index in [4.69, 9.17) is 10.2 Å². The van der Waals surface area contributed by atoms with Crippen LogP contribution >= 0.6 is 0 Å². The zero-order chi connectivity index (χ0) is 10.4. The first-order valence-electron chi connectivity index (χ1n) is 4.48. The molecule has 2 atom stereocenters. The number of aliphatic hydroxyl groups is 1. The number of carboxylic acid groups (broad SMARTS) is 1. The number of carboxylic acids is 1. The summed E-state index contributed by atoms with van der Waals surface area (Å²) in [5.74, 6) is -0.814. The Hall–Kier alpha value is -0.830. The molecule has 0 radical (unpaired) electrons. The van der Waals surface area contributed by atoms with Crippen molar-refractivity contribution >= 4 is 5.97 Å². The smallest absolute Gasteiger partial charge is 0.303 e. The second kappa shape index (κ2) is 5.75. The monoisotopic (exact) mass is 186 g/mol. The molecule has 0 aromatic rings. The number of aliphatic hydroxyl groups excluding tert-OH is 1.